The molecule has 2 heterocycles. The van der Waals surface area contributed by atoms with E-state index in [0.717, 1.165) is 30.4 Å². The standard InChI is InChI=1S/C30H37NO4/c1-19-16-22-23(29(4,5)13-12-28(22,2)3)17-21(19)30(34-14-7-15-35-30)26-11-10-20(18-31-26)27-24(32)8-6-9-25(27)33/h10-11,16-18,27H,6-9,12-15H2,1-5H3. The second-order valence-electron chi connectivity index (χ2n) is 11.8. The number of aromatic nitrogens is 1. The molecule has 2 aromatic rings. The third kappa shape index (κ3) is 4.07. The largest absolute Gasteiger partial charge is 0.341 e. The summed E-state index contributed by atoms with van der Waals surface area (Å²) in [7, 11) is 0. The Kier molecular flexibility index (Phi) is 6.00. The lowest BCUT2D eigenvalue weighted by atomic mass is 9.62. The SMILES string of the molecule is Cc1cc2c(cc1C1(c3ccc(C4C(=O)CCCC4=O)cn3)OCCCO1)C(C)(C)CCC2(C)C. The van der Waals surface area contributed by atoms with E-state index in [4.69, 9.17) is 14.5 Å². The smallest absolute Gasteiger partial charge is 0.240 e. The predicted molar refractivity (Wildman–Crippen MR) is 135 cm³/mol. The normalized spacial score (nSPS) is 23.7. The fourth-order valence-corrected chi connectivity index (χ4v) is 6.10. The number of hydrogen-bond donors (Lipinski definition) is 0. The van der Waals surface area contributed by atoms with Gasteiger partial charge in [0.25, 0.3) is 0 Å². The molecule has 5 heteroatoms. The molecule has 0 spiro atoms. The number of ether oxygens (including phenoxy) is 2. The summed E-state index contributed by atoms with van der Waals surface area (Å²) in [6.07, 6.45) is 6.34. The van der Waals surface area contributed by atoms with Gasteiger partial charge >= 0.3 is 0 Å². The summed E-state index contributed by atoms with van der Waals surface area (Å²) in [5, 5.41) is 0. The Labute approximate surface area is 208 Å². The first-order valence-corrected chi connectivity index (χ1v) is 13.0. The van der Waals surface area contributed by atoms with Gasteiger partial charge in [0, 0.05) is 24.6 Å². The van der Waals surface area contributed by atoms with E-state index in [0.29, 0.717) is 43.7 Å². The van der Waals surface area contributed by atoms with Gasteiger partial charge in [0.15, 0.2) is 0 Å². The zero-order chi connectivity index (χ0) is 25.0. The van der Waals surface area contributed by atoms with Gasteiger partial charge in [-0.15, -0.1) is 0 Å². The van der Waals surface area contributed by atoms with Crippen LogP contribution in [0.2, 0.25) is 0 Å². The van der Waals surface area contributed by atoms with E-state index in [1.165, 1.54) is 11.1 Å². The lowest BCUT2D eigenvalue weighted by Crippen LogP contribution is -2.42. The van der Waals surface area contributed by atoms with Crippen molar-refractivity contribution in [2.45, 2.75) is 95.7 Å². The molecule has 2 fully saturated rings. The van der Waals surface area contributed by atoms with E-state index < -0.39 is 11.7 Å². The van der Waals surface area contributed by atoms with Gasteiger partial charge in [0.05, 0.1) is 13.2 Å². The van der Waals surface area contributed by atoms with Crippen molar-refractivity contribution in [1.29, 1.82) is 0 Å². The second kappa shape index (κ2) is 8.63. The van der Waals surface area contributed by atoms with Crippen molar-refractivity contribution in [3.63, 3.8) is 0 Å². The van der Waals surface area contributed by atoms with Crippen LogP contribution in [0.3, 0.4) is 0 Å². The van der Waals surface area contributed by atoms with Gasteiger partial charge in [-0.1, -0.05) is 39.8 Å². The van der Waals surface area contributed by atoms with Crippen LogP contribution in [0.1, 0.15) is 106 Å². The van der Waals surface area contributed by atoms with Crippen molar-refractivity contribution in [3.8, 4) is 0 Å². The first kappa shape index (κ1) is 24.3. The van der Waals surface area contributed by atoms with Crippen molar-refractivity contribution in [3.05, 3.63) is 64.0 Å². The van der Waals surface area contributed by atoms with Gasteiger partial charge in [0.1, 0.15) is 23.2 Å². The highest BCUT2D eigenvalue weighted by Gasteiger charge is 2.45. The Morgan fingerprint density at radius 3 is 2.00 bits per heavy atom. The molecule has 0 unspecified atom stereocenters. The molecule has 0 radical (unpaired) electrons. The molecule has 0 amide bonds. The minimum Gasteiger partial charge on any atom is -0.341 e. The van der Waals surface area contributed by atoms with Crippen LogP contribution < -0.4 is 0 Å². The van der Waals surface area contributed by atoms with Crippen LogP contribution in [0.25, 0.3) is 0 Å². The van der Waals surface area contributed by atoms with E-state index in [1.807, 2.05) is 12.1 Å². The summed E-state index contributed by atoms with van der Waals surface area (Å²) in [5.74, 6) is -1.81. The van der Waals surface area contributed by atoms with Crippen LogP contribution in [0.15, 0.2) is 30.5 Å². The van der Waals surface area contributed by atoms with E-state index in [9.17, 15) is 9.59 Å². The van der Waals surface area contributed by atoms with Crippen LogP contribution in [0.4, 0.5) is 0 Å². The number of pyridine rings is 1. The number of ketones is 2. The number of carbonyl (C=O) groups is 2. The third-order valence-electron chi connectivity index (χ3n) is 8.40. The van der Waals surface area contributed by atoms with Gasteiger partial charge in [0.2, 0.25) is 5.79 Å². The fourth-order valence-electron chi connectivity index (χ4n) is 6.10. The van der Waals surface area contributed by atoms with E-state index in [1.54, 1.807) is 6.20 Å². The summed E-state index contributed by atoms with van der Waals surface area (Å²) >= 11 is 0. The van der Waals surface area contributed by atoms with Crippen molar-refractivity contribution in [2.24, 2.45) is 0 Å². The number of carbonyl (C=O) groups excluding carboxylic acids is 2. The van der Waals surface area contributed by atoms with Crippen LogP contribution in [0.5, 0.6) is 0 Å². The van der Waals surface area contributed by atoms with Crippen LogP contribution in [-0.4, -0.2) is 29.8 Å². The zero-order valence-corrected chi connectivity index (χ0v) is 21.7. The molecule has 35 heavy (non-hydrogen) atoms. The Balaban J connectivity index is 1.61. The maximum atomic E-state index is 12.5. The van der Waals surface area contributed by atoms with Crippen molar-refractivity contribution < 1.29 is 19.1 Å². The number of fused-ring (bicyclic) bond motifs is 1. The van der Waals surface area contributed by atoms with Crippen molar-refractivity contribution in [1.82, 2.24) is 4.98 Å². The molecule has 1 saturated carbocycles. The monoisotopic (exact) mass is 475 g/mol. The number of benzene rings is 1. The summed E-state index contributed by atoms with van der Waals surface area (Å²) in [6, 6.07) is 8.35. The summed E-state index contributed by atoms with van der Waals surface area (Å²) in [4.78, 5) is 29.7. The van der Waals surface area contributed by atoms with E-state index in [-0.39, 0.29) is 22.4 Å². The minimum atomic E-state index is -1.10. The molecule has 1 aromatic heterocycles. The third-order valence-corrected chi connectivity index (χ3v) is 8.40. The molecular weight excluding hydrogens is 438 g/mol. The minimum absolute atomic E-state index is 0.00828. The molecule has 1 saturated heterocycles. The number of hydrogen-bond acceptors (Lipinski definition) is 5. The van der Waals surface area contributed by atoms with Crippen LogP contribution in [-0.2, 0) is 35.7 Å². The van der Waals surface area contributed by atoms with Crippen molar-refractivity contribution in [2.75, 3.05) is 13.2 Å². The Morgan fingerprint density at radius 2 is 1.43 bits per heavy atom. The zero-order valence-electron chi connectivity index (χ0n) is 21.7. The van der Waals surface area contributed by atoms with Gasteiger partial charge in [-0.05, 0) is 77.8 Å². The molecule has 5 nitrogen and oxygen atoms in total. The Bertz CT molecular complexity index is 1140. The first-order valence-electron chi connectivity index (χ1n) is 13.0. The maximum Gasteiger partial charge on any atom is 0.240 e. The fraction of sp³-hybridized carbons (Fsp3) is 0.567. The molecule has 0 N–H and O–H groups in total. The van der Waals surface area contributed by atoms with Crippen LogP contribution >= 0.6 is 0 Å². The Morgan fingerprint density at radius 1 is 0.829 bits per heavy atom. The number of aryl methyl sites for hydroxylation is 1. The quantitative estimate of drug-likeness (QED) is 0.526. The maximum absolute atomic E-state index is 12.5. The molecule has 0 bridgehead atoms. The van der Waals surface area contributed by atoms with Crippen molar-refractivity contribution >= 4 is 11.6 Å². The average molecular weight is 476 g/mol. The molecule has 5 rings (SSSR count). The van der Waals surface area contributed by atoms with Gasteiger partial charge in [-0.25, -0.2) is 0 Å². The molecule has 0 atom stereocenters. The summed E-state index contributed by atoms with van der Waals surface area (Å²) in [5.41, 5.74) is 6.37. The molecule has 1 aromatic carbocycles. The van der Waals surface area contributed by atoms with Gasteiger partial charge in [-0.2, -0.15) is 0 Å². The lowest BCUT2D eigenvalue weighted by molar-refractivity contribution is -0.251. The highest BCUT2D eigenvalue weighted by atomic mass is 16.7. The topological polar surface area (TPSA) is 65.5 Å². The lowest BCUT2D eigenvalue weighted by Gasteiger charge is -2.44. The predicted octanol–water partition coefficient (Wildman–Crippen LogP) is 5.78. The average Bonchev–Trinajstić information content (AvgIpc) is 2.83. The number of Topliss-reactive ketones (excluding diaryl/α,β-unsaturated/α-hetero) is 2. The molecular formula is C30H37NO4. The molecule has 186 valence electrons. The van der Waals surface area contributed by atoms with Gasteiger partial charge < -0.3 is 9.47 Å². The number of nitrogens with zero attached hydrogens (tertiary/aromatic N) is 1. The van der Waals surface area contributed by atoms with E-state index in [2.05, 4.69) is 46.8 Å². The highest BCUT2D eigenvalue weighted by Crippen LogP contribution is 2.49. The summed E-state index contributed by atoms with van der Waals surface area (Å²) < 4.78 is 12.9. The van der Waals surface area contributed by atoms with Gasteiger partial charge in [-0.3, -0.25) is 14.6 Å². The van der Waals surface area contributed by atoms with Crippen LogP contribution in [0, 0.1) is 6.92 Å². The number of rotatable bonds is 3. The Hall–Kier alpha value is -2.37. The summed E-state index contributed by atoms with van der Waals surface area (Å²) in [6.45, 7) is 12.6. The first-order chi connectivity index (χ1) is 16.6. The molecule has 2 aliphatic carbocycles. The second-order valence-corrected chi connectivity index (χ2v) is 11.8. The van der Waals surface area contributed by atoms with E-state index >= 15 is 0 Å². The molecule has 3 aliphatic rings. The highest BCUT2D eigenvalue weighted by molar-refractivity contribution is 6.09. The molecule has 1 aliphatic heterocycles.